The largest absolute Gasteiger partial charge is 0.350 e. The summed E-state index contributed by atoms with van der Waals surface area (Å²) in [5.41, 5.74) is 3.53. The Morgan fingerprint density at radius 2 is 1.81 bits per heavy atom. The summed E-state index contributed by atoms with van der Waals surface area (Å²) in [6, 6.07) is 11.7. The minimum absolute atomic E-state index is 0.0426. The quantitative estimate of drug-likeness (QED) is 0.856. The number of amides is 1. The first-order valence-electron chi connectivity index (χ1n) is 8.75. The Morgan fingerprint density at radius 3 is 2.35 bits per heavy atom. The summed E-state index contributed by atoms with van der Waals surface area (Å²) >= 11 is 5.87. The van der Waals surface area contributed by atoms with Crippen LogP contribution in [0, 0.1) is 0 Å². The van der Waals surface area contributed by atoms with Crippen molar-refractivity contribution in [3.63, 3.8) is 0 Å². The molecule has 1 atom stereocenters. The molecule has 4 nitrogen and oxygen atoms in total. The van der Waals surface area contributed by atoms with Crippen molar-refractivity contribution in [3.05, 3.63) is 74.7 Å². The highest BCUT2D eigenvalue weighted by Crippen LogP contribution is 2.28. The minimum atomic E-state index is -0.322. The summed E-state index contributed by atoms with van der Waals surface area (Å²) in [6.45, 7) is 6.51. The van der Waals surface area contributed by atoms with E-state index in [1.165, 1.54) is 5.56 Å². The van der Waals surface area contributed by atoms with E-state index in [-0.39, 0.29) is 27.9 Å². The molecule has 2 aromatic rings. The highest BCUT2D eigenvalue weighted by molar-refractivity contribution is 6.30. The number of carbonyl (C=O) groups excluding carboxylic acids is 1. The smallest absolute Gasteiger partial charge is 0.267 e. The van der Waals surface area contributed by atoms with E-state index >= 15 is 0 Å². The molecule has 2 N–H and O–H groups in total. The van der Waals surface area contributed by atoms with Crippen LogP contribution in [-0.4, -0.2) is 16.9 Å². The first-order chi connectivity index (χ1) is 12.2. The van der Waals surface area contributed by atoms with Crippen molar-refractivity contribution < 1.29 is 4.79 Å². The molecule has 1 amide bonds. The standard InChI is InChI=1S/C21H23ClN2O2/c1-21(2,3)14-6-4-13(5-7-14)16(12-15-8-11-19(25)23-15)18-10-9-17(22)20(26)24-18/h4-7,9-10,12,15H,8,11H2,1-3H3,(H,23,25)(H,24,26)/t15-/m1/s1. The normalized spacial score (nSPS) is 18.1. The van der Waals surface area contributed by atoms with Gasteiger partial charge in [-0.3, -0.25) is 9.59 Å². The molecule has 2 heterocycles. The topological polar surface area (TPSA) is 62.0 Å². The van der Waals surface area contributed by atoms with Gasteiger partial charge >= 0.3 is 0 Å². The summed E-state index contributed by atoms with van der Waals surface area (Å²) in [7, 11) is 0. The van der Waals surface area contributed by atoms with Gasteiger partial charge in [0.05, 0.1) is 0 Å². The van der Waals surface area contributed by atoms with Crippen molar-refractivity contribution in [1.29, 1.82) is 0 Å². The van der Waals surface area contributed by atoms with Crippen molar-refractivity contribution in [2.75, 3.05) is 0 Å². The van der Waals surface area contributed by atoms with Gasteiger partial charge in [-0.15, -0.1) is 0 Å². The van der Waals surface area contributed by atoms with E-state index < -0.39 is 0 Å². The minimum Gasteiger partial charge on any atom is -0.350 e. The van der Waals surface area contributed by atoms with Crippen molar-refractivity contribution in [1.82, 2.24) is 10.3 Å². The second-order valence-corrected chi connectivity index (χ2v) is 8.08. The van der Waals surface area contributed by atoms with Crippen LogP contribution < -0.4 is 10.9 Å². The Labute approximate surface area is 158 Å². The average Bonchev–Trinajstić information content (AvgIpc) is 3.00. The van der Waals surface area contributed by atoms with E-state index in [0.717, 1.165) is 17.6 Å². The number of aromatic amines is 1. The lowest BCUT2D eigenvalue weighted by Gasteiger charge is -2.20. The molecule has 0 unspecified atom stereocenters. The molecule has 0 radical (unpaired) electrons. The molecule has 26 heavy (non-hydrogen) atoms. The molecule has 1 aliphatic heterocycles. The molecular formula is C21H23ClN2O2. The predicted molar refractivity (Wildman–Crippen MR) is 105 cm³/mol. The van der Waals surface area contributed by atoms with E-state index in [0.29, 0.717) is 12.1 Å². The zero-order valence-electron chi connectivity index (χ0n) is 15.2. The fourth-order valence-corrected chi connectivity index (χ4v) is 3.18. The number of benzene rings is 1. The molecular weight excluding hydrogens is 348 g/mol. The van der Waals surface area contributed by atoms with Crippen LogP contribution in [-0.2, 0) is 10.2 Å². The summed E-state index contributed by atoms with van der Waals surface area (Å²) < 4.78 is 0. The van der Waals surface area contributed by atoms with E-state index in [1.54, 1.807) is 12.1 Å². The highest BCUT2D eigenvalue weighted by atomic mass is 35.5. The second kappa shape index (κ2) is 7.12. The van der Waals surface area contributed by atoms with Crippen molar-refractivity contribution >= 4 is 23.1 Å². The Kier molecular flexibility index (Phi) is 5.05. The summed E-state index contributed by atoms with van der Waals surface area (Å²) in [4.78, 5) is 26.3. The lowest BCUT2D eigenvalue weighted by molar-refractivity contribution is -0.119. The second-order valence-electron chi connectivity index (χ2n) is 7.67. The Balaban J connectivity index is 2.05. The molecule has 3 rings (SSSR count). The lowest BCUT2D eigenvalue weighted by atomic mass is 9.86. The van der Waals surface area contributed by atoms with Gasteiger partial charge in [0.1, 0.15) is 5.02 Å². The molecule has 0 saturated carbocycles. The molecule has 1 aromatic carbocycles. The first kappa shape index (κ1) is 18.5. The van der Waals surface area contributed by atoms with E-state index in [9.17, 15) is 9.59 Å². The van der Waals surface area contributed by atoms with Crippen LogP contribution in [0.3, 0.4) is 0 Å². The highest BCUT2D eigenvalue weighted by Gasteiger charge is 2.21. The number of pyridine rings is 1. The number of aromatic nitrogens is 1. The summed E-state index contributed by atoms with van der Waals surface area (Å²) in [6.07, 6.45) is 3.28. The third-order valence-electron chi connectivity index (χ3n) is 4.61. The van der Waals surface area contributed by atoms with Crippen molar-refractivity contribution in [2.45, 2.75) is 45.1 Å². The van der Waals surface area contributed by atoms with Crippen LogP contribution in [0.2, 0.25) is 5.02 Å². The van der Waals surface area contributed by atoms with Crippen LogP contribution in [0.1, 0.15) is 50.4 Å². The van der Waals surface area contributed by atoms with Gasteiger partial charge in [-0.2, -0.15) is 0 Å². The zero-order valence-corrected chi connectivity index (χ0v) is 16.0. The van der Waals surface area contributed by atoms with E-state index in [1.807, 2.05) is 6.08 Å². The number of rotatable bonds is 3. The molecule has 0 aliphatic carbocycles. The molecule has 0 bridgehead atoms. The van der Waals surface area contributed by atoms with Gasteiger partial charge < -0.3 is 10.3 Å². The molecule has 1 aromatic heterocycles. The molecule has 0 spiro atoms. The Morgan fingerprint density at radius 1 is 1.12 bits per heavy atom. The molecule has 1 saturated heterocycles. The third-order valence-corrected chi connectivity index (χ3v) is 4.91. The van der Waals surface area contributed by atoms with Crippen LogP contribution >= 0.6 is 11.6 Å². The SMILES string of the molecule is CC(C)(C)c1ccc(C(=C[C@H]2CCC(=O)N2)c2ccc(Cl)c(=O)[nH]2)cc1. The van der Waals surface area contributed by atoms with E-state index in [4.69, 9.17) is 11.6 Å². The first-order valence-corrected chi connectivity index (χ1v) is 9.13. The van der Waals surface area contributed by atoms with Gasteiger partial charge in [0.15, 0.2) is 0 Å². The predicted octanol–water partition coefficient (Wildman–Crippen LogP) is 4.04. The molecule has 5 heteroatoms. The Hall–Kier alpha value is -2.33. The Bertz CT molecular complexity index is 905. The number of nitrogens with one attached hydrogen (secondary N) is 2. The zero-order chi connectivity index (χ0) is 18.9. The van der Waals surface area contributed by atoms with Gasteiger partial charge in [0.2, 0.25) is 5.91 Å². The van der Waals surface area contributed by atoms with Gasteiger partial charge in [0.25, 0.3) is 5.56 Å². The van der Waals surface area contributed by atoms with Crippen LogP contribution in [0.25, 0.3) is 5.57 Å². The fourth-order valence-electron chi connectivity index (χ4n) is 3.07. The van der Waals surface area contributed by atoms with Crippen molar-refractivity contribution in [2.24, 2.45) is 0 Å². The maximum Gasteiger partial charge on any atom is 0.267 e. The van der Waals surface area contributed by atoms with E-state index in [2.05, 4.69) is 55.3 Å². The van der Waals surface area contributed by atoms with Crippen LogP contribution in [0.4, 0.5) is 0 Å². The van der Waals surface area contributed by atoms with Crippen LogP contribution in [0.5, 0.6) is 0 Å². The monoisotopic (exact) mass is 370 g/mol. The number of hydrogen-bond acceptors (Lipinski definition) is 2. The third kappa shape index (κ3) is 4.07. The van der Waals surface area contributed by atoms with Gasteiger partial charge in [0, 0.05) is 23.7 Å². The molecule has 1 fully saturated rings. The van der Waals surface area contributed by atoms with Gasteiger partial charge in [-0.25, -0.2) is 0 Å². The van der Waals surface area contributed by atoms with Gasteiger partial charge in [-0.05, 0) is 35.1 Å². The average molecular weight is 371 g/mol. The number of halogens is 1. The van der Waals surface area contributed by atoms with Crippen LogP contribution in [0.15, 0.2) is 47.3 Å². The molecule has 1 aliphatic rings. The fraction of sp³-hybridized carbons (Fsp3) is 0.333. The number of carbonyl (C=O) groups is 1. The summed E-state index contributed by atoms with van der Waals surface area (Å²) in [5.74, 6) is 0.0540. The number of H-pyrrole nitrogens is 1. The van der Waals surface area contributed by atoms with Crippen molar-refractivity contribution in [3.8, 4) is 0 Å². The van der Waals surface area contributed by atoms with Gasteiger partial charge in [-0.1, -0.05) is 62.7 Å². The maximum absolute atomic E-state index is 12.0. The number of hydrogen-bond donors (Lipinski definition) is 2. The maximum atomic E-state index is 12.0. The molecule has 136 valence electrons. The lowest BCUT2D eigenvalue weighted by Crippen LogP contribution is -2.23. The summed E-state index contributed by atoms with van der Waals surface area (Å²) in [5, 5.41) is 3.11.